The zero-order valence-electron chi connectivity index (χ0n) is 33.3. The van der Waals surface area contributed by atoms with Gasteiger partial charge in [0.15, 0.2) is 34.9 Å². The van der Waals surface area contributed by atoms with Gasteiger partial charge in [0.1, 0.15) is 0 Å². The van der Waals surface area contributed by atoms with E-state index >= 15 is 0 Å². The Labute approximate surface area is 359 Å². The van der Waals surface area contributed by atoms with Crippen molar-refractivity contribution in [1.82, 2.24) is 29.9 Å². The van der Waals surface area contributed by atoms with Crippen molar-refractivity contribution in [3.63, 3.8) is 0 Å². The predicted octanol–water partition coefficient (Wildman–Crippen LogP) is 12.9. The third kappa shape index (κ3) is 7.87. The second-order valence-electron chi connectivity index (χ2n) is 14.7. The molecule has 0 unspecified atom stereocenters. The van der Waals surface area contributed by atoms with Crippen molar-refractivity contribution >= 4 is 0 Å². The molecule has 0 saturated carbocycles. The SMILES string of the molecule is N#Cc1cccc(-c2cccc(-c3nc(-c4ccccc4)nc(-c4ccccc4-c4cccc(-c5ccc(-c6nc(-c7ccccc7)nc(-c7ccccc7)n6)cc5)c4)n3)c2)c1. The van der Waals surface area contributed by atoms with Gasteiger partial charge in [0.2, 0.25) is 0 Å². The van der Waals surface area contributed by atoms with Crippen LogP contribution in [0, 0.1) is 11.3 Å². The molecule has 290 valence electrons. The Morgan fingerprint density at radius 1 is 0.242 bits per heavy atom. The average Bonchev–Trinajstić information content (AvgIpc) is 3.37. The van der Waals surface area contributed by atoms with Crippen molar-refractivity contribution < 1.29 is 0 Å². The van der Waals surface area contributed by atoms with Crippen molar-refractivity contribution in [2.75, 3.05) is 0 Å². The van der Waals surface area contributed by atoms with E-state index in [4.69, 9.17) is 29.9 Å². The van der Waals surface area contributed by atoms with Gasteiger partial charge in [0.25, 0.3) is 0 Å². The predicted molar refractivity (Wildman–Crippen MR) is 247 cm³/mol. The lowest BCUT2D eigenvalue weighted by molar-refractivity contribution is 1.07. The van der Waals surface area contributed by atoms with Crippen molar-refractivity contribution in [3.05, 3.63) is 218 Å². The molecule has 7 heteroatoms. The van der Waals surface area contributed by atoms with Gasteiger partial charge in [-0.15, -0.1) is 0 Å². The number of nitriles is 1. The molecule has 0 aliphatic rings. The van der Waals surface area contributed by atoms with Crippen LogP contribution in [0.4, 0.5) is 0 Å². The summed E-state index contributed by atoms with van der Waals surface area (Å²) in [6.07, 6.45) is 0. The summed E-state index contributed by atoms with van der Waals surface area (Å²) in [6.45, 7) is 0. The zero-order chi connectivity index (χ0) is 41.7. The van der Waals surface area contributed by atoms with Crippen LogP contribution >= 0.6 is 0 Å². The minimum absolute atomic E-state index is 0.556. The number of hydrogen-bond donors (Lipinski definition) is 0. The van der Waals surface area contributed by atoms with E-state index in [-0.39, 0.29) is 0 Å². The van der Waals surface area contributed by atoms with Crippen molar-refractivity contribution in [2.24, 2.45) is 0 Å². The molecule has 0 aliphatic carbocycles. The maximum Gasteiger partial charge on any atom is 0.164 e. The highest BCUT2D eigenvalue weighted by molar-refractivity contribution is 5.84. The Balaban J connectivity index is 1.01. The van der Waals surface area contributed by atoms with Crippen LogP contribution in [-0.4, -0.2) is 29.9 Å². The van der Waals surface area contributed by atoms with E-state index in [2.05, 4.69) is 72.8 Å². The summed E-state index contributed by atoms with van der Waals surface area (Å²) in [6, 6.07) is 73.1. The van der Waals surface area contributed by atoms with E-state index in [1.54, 1.807) is 0 Å². The molecule has 62 heavy (non-hydrogen) atoms. The molecule has 2 heterocycles. The van der Waals surface area contributed by atoms with Crippen molar-refractivity contribution in [1.29, 1.82) is 5.26 Å². The Bertz CT molecular complexity index is 3180. The molecule has 0 N–H and O–H groups in total. The lowest BCUT2D eigenvalue weighted by Crippen LogP contribution is -2.01. The summed E-state index contributed by atoms with van der Waals surface area (Å²) in [7, 11) is 0. The van der Waals surface area contributed by atoms with Crippen LogP contribution < -0.4 is 0 Å². The van der Waals surface area contributed by atoms with Gasteiger partial charge in [-0.05, 0) is 57.6 Å². The third-order valence-corrected chi connectivity index (χ3v) is 10.6. The largest absolute Gasteiger partial charge is 0.208 e. The Kier molecular flexibility index (Phi) is 10.2. The first-order valence-corrected chi connectivity index (χ1v) is 20.3. The maximum absolute atomic E-state index is 9.54. The van der Waals surface area contributed by atoms with E-state index in [1.165, 1.54) is 0 Å². The quantitative estimate of drug-likeness (QED) is 0.143. The first-order valence-electron chi connectivity index (χ1n) is 20.3. The van der Waals surface area contributed by atoms with Crippen molar-refractivity contribution in [2.45, 2.75) is 0 Å². The number of hydrogen-bond acceptors (Lipinski definition) is 7. The highest BCUT2D eigenvalue weighted by Gasteiger charge is 2.17. The molecule has 0 saturated heterocycles. The van der Waals surface area contributed by atoms with Crippen LogP contribution in [0.15, 0.2) is 212 Å². The molecule has 0 radical (unpaired) electrons. The van der Waals surface area contributed by atoms with E-state index in [1.807, 2.05) is 146 Å². The summed E-state index contributed by atoms with van der Waals surface area (Å²) in [5.41, 5.74) is 12.0. The number of nitrogens with zero attached hydrogens (tertiary/aromatic N) is 7. The standard InChI is InChI=1S/C55H35N7/c56-36-37-15-12-22-43(33-37)45-24-14-26-47(35-45)54-60-52(41-20-8-3-9-21-41)61-55(62-54)49-28-11-10-27-48(49)46-25-13-23-44(34-46)38-29-31-42(32-30-38)53-58-50(39-16-4-1-5-17-39)57-51(59-53)40-18-6-2-7-19-40/h1-35H. The fraction of sp³-hybridized carbons (Fsp3) is 0. The van der Waals surface area contributed by atoms with Crippen LogP contribution in [0.5, 0.6) is 0 Å². The second-order valence-corrected chi connectivity index (χ2v) is 14.7. The molecule has 0 fully saturated rings. The van der Waals surface area contributed by atoms with Gasteiger partial charge in [-0.2, -0.15) is 5.26 Å². The van der Waals surface area contributed by atoms with Crippen LogP contribution in [-0.2, 0) is 0 Å². The van der Waals surface area contributed by atoms with Crippen LogP contribution in [0.25, 0.3) is 102 Å². The van der Waals surface area contributed by atoms with Crippen LogP contribution in [0.3, 0.4) is 0 Å². The molecule has 10 rings (SSSR count). The molecule has 0 amide bonds. The first kappa shape index (κ1) is 37.5. The molecule has 0 spiro atoms. The lowest BCUT2D eigenvalue weighted by Gasteiger charge is -2.13. The smallest absolute Gasteiger partial charge is 0.164 e. The molecule has 0 aliphatic heterocycles. The Hall–Kier alpha value is -8.73. The monoisotopic (exact) mass is 793 g/mol. The van der Waals surface area contributed by atoms with E-state index in [9.17, 15) is 5.26 Å². The van der Waals surface area contributed by atoms with Crippen LogP contribution in [0.2, 0.25) is 0 Å². The van der Waals surface area contributed by atoms with Crippen molar-refractivity contribution in [3.8, 4) is 108 Å². The molecule has 10 aromatic rings. The van der Waals surface area contributed by atoms with Gasteiger partial charge in [-0.25, -0.2) is 29.9 Å². The fourth-order valence-corrected chi connectivity index (χ4v) is 7.49. The van der Waals surface area contributed by atoms with Crippen LogP contribution in [0.1, 0.15) is 5.56 Å². The van der Waals surface area contributed by atoms with Gasteiger partial charge in [0, 0.05) is 33.4 Å². The summed E-state index contributed by atoms with van der Waals surface area (Å²) >= 11 is 0. The summed E-state index contributed by atoms with van der Waals surface area (Å²) < 4.78 is 0. The summed E-state index contributed by atoms with van der Waals surface area (Å²) in [5, 5.41) is 9.54. The van der Waals surface area contributed by atoms with E-state index in [0.29, 0.717) is 40.5 Å². The number of benzene rings is 8. The highest BCUT2D eigenvalue weighted by atomic mass is 15.0. The maximum atomic E-state index is 9.54. The normalized spacial score (nSPS) is 10.9. The Morgan fingerprint density at radius 3 is 1.11 bits per heavy atom. The van der Waals surface area contributed by atoms with E-state index in [0.717, 1.165) is 66.8 Å². The lowest BCUT2D eigenvalue weighted by atomic mass is 9.95. The Morgan fingerprint density at radius 2 is 0.581 bits per heavy atom. The van der Waals surface area contributed by atoms with E-state index < -0.39 is 0 Å². The van der Waals surface area contributed by atoms with Gasteiger partial charge < -0.3 is 0 Å². The number of aromatic nitrogens is 6. The molecule has 2 aromatic heterocycles. The molecular weight excluding hydrogens is 759 g/mol. The van der Waals surface area contributed by atoms with Gasteiger partial charge in [0.05, 0.1) is 11.6 Å². The molecule has 0 atom stereocenters. The fourth-order valence-electron chi connectivity index (χ4n) is 7.49. The third-order valence-electron chi connectivity index (χ3n) is 10.6. The van der Waals surface area contributed by atoms with Gasteiger partial charge in [-0.3, -0.25) is 0 Å². The topological polar surface area (TPSA) is 101 Å². The average molecular weight is 794 g/mol. The van der Waals surface area contributed by atoms with Gasteiger partial charge in [-0.1, -0.05) is 188 Å². The summed E-state index contributed by atoms with van der Waals surface area (Å²) in [5.74, 6) is 3.57. The summed E-state index contributed by atoms with van der Waals surface area (Å²) in [4.78, 5) is 29.9. The molecule has 7 nitrogen and oxygen atoms in total. The molecule has 0 bridgehead atoms. The minimum atomic E-state index is 0.556. The highest BCUT2D eigenvalue weighted by Crippen LogP contribution is 2.36. The van der Waals surface area contributed by atoms with Gasteiger partial charge >= 0.3 is 0 Å². The molecule has 8 aromatic carbocycles. The second kappa shape index (κ2) is 16.9. The minimum Gasteiger partial charge on any atom is -0.208 e. The number of rotatable bonds is 9. The zero-order valence-corrected chi connectivity index (χ0v) is 33.3. The molecular formula is C55H35N7. The first-order chi connectivity index (χ1) is 30.6.